The number of likely N-dealkylation sites (N-methyl/N-ethyl adjacent to an activating group) is 1. The first-order chi connectivity index (χ1) is 7.63. The molecule has 1 atom stereocenters. The summed E-state index contributed by atoms with van der Waals surface area (Å²) in [7, 11) is 2.03. The molecular weight excluding hydrogens is 264 g/mol. The third-order valence-electron chi connectivity index (χ3n) is 3.16. The molecule has 88 valence electrons. The van der Waals surface area contributed by atoms with E-state index in [4.69, 9.17) is 0 Å². The summed E-state index contributed by atoms with van der Waals surface area (Å²) in [5, 5.41) is 3.29. The van der Waals surface area contributed by atoms with Crippen LogP contribution in [0.15, 0.2) is 22.7 Å². The molecule has 0 bridgehead atoms. The number of benzene rings is 1. The van der Waals surface area contributed by atoms with Crippen molar-refractivity contribution >= 4 is 21.6 Å². The van der Waals surface area contributed by atoms with Crippen molar-refractivity contribution in [1.82, 2.24) is 5.32 Å². The standard InChI is InChI=1S/C13H19BrN2/c1-9(2)16-12(8-15-3)7-10-6-11(14)4-5-13(10)16/h4-6,9,12,15H,7-8H2,1-3H3. The van der Waals surface area contributed by atoms with Gasteiger partial charge in [-0.1, -0.05) is 15.9 Å². The maximum atomic E-state index is 3.55. The average molecular weight is 283 g/mol. The summed E-state index contributed by atoms with van der Waals surface area (Å²) in [6, 6.07) is 7.76. The number of nitrogens with zero attached hydrogens (tertiary/aromatic N) is 1. The lowest BCUT2D eigenvalue weighted by Gasteiger charge is -2.31. The topological polar surface area (TPSA) is 15.3 Å². The van der Waals surface area contributed by atoms with Gasteiger partial charge in [-0.05, 0) is 51.1 Å². The lowest BCUT2D eigenvalue weighted by molar-refractivity contribution is 0.544. The molecule has 2 nitrogen and oxygen atoms in total. The van der Waals surface area contributed by atoms with Crippen molar-refractivity contribution in [1.29, 1.82) is 0 Å². The van der Waals surface area contributed by atoms with Crippen LogP contribution in [-0.2, 0) is 6.42 Å². The van der Waals surface area contributed by atoms with E-state index in [2.05, 4.69) is 58.2 Å². The Morgan fingerprint density at radius 2 is 2.25 bits per heavy atom. The van der Waals surface area contributed by atoms with Crippen LogP contribution in [0.3, 0.4) is 0 Å². The quantitative estimate of drug-likeness (QED) is 0.917. The van der Waals surface area contributed by atoms with Gasteiger partial charge in [0.1, 0.15) is 0 Å². The van der Waals surface area contributed by atoms with Gasteiger partial charge in [-0.2, -0.15) is 0 Å². The SMILES string of the molecule is CNCC1Cc2cc(Br)ccc2N1C(C)C. The van der Waals surface area contributed by atoms with Gasteiger partial charge in [0.2, 0.25) is 0 Å². The Hall–Kier alpha value is -0.540. The fourth-order valence-electron chi connectivity index (χ4n) is 2.62. The number of hydrogen-bond acceptors (Lipinski definition) is 2. The minimum atomic E-state index is 0.556. The molecule has 0 amide bonds. The van der Waals surface area contributed by atoms with Crippen LogP contribution in [0, 0.1) is 0 Å². The van der Waals surface area contributed by atoms with Crippen molar-refractivity contribution in [2.45, 2.75) is 32.4 Å². The first kappa shape index (κ1) is 11.9. The number of hydrogen-bond donors (Lipinski definition) is 1. The maximum absolute atomic E-state index is 3.55. The van der Waals surface area contributed by atoms with Gasteiger partial charge in [-0.15, -0.1) is 0 Å². The Labute approximate surface area is 106 Å². The van der Waals surface area contributed by atoms with Crippen LogP contribution in [0.5, 0.6) is 0 Å². The van der Waals surface area contributed by atoms with Crippen LogP contribution >= 0.6 is 15.9 Å². The Bertz CT molecular complexity index is 376. The average Bonchev–Trinajstić information content (AvgIpc) is 2.55. The fraction of sp³-hybridized carbons (Fsp3) is 0.538. The molecule has 0 saturated carbocycles. The molecule has 1 aliphatic heterocycles. The number of anilines is 1. The summed E-state index contributed by atoms with van der Waals surface area (Å²) >= 11 is 3.55. The Morgan fingerprint density at radius 3 is 2.88 bits per heavy atom. The molecule has 0 aliphatic carbocycles. The first-order valence-corrected chi connectivity index (χ1v) is 6.64. The van der Waals surface area contributed by atoms with Gasteiger partial charge >= 0.3 is 0 Å². The summed E-state index contributed by atoms with van der Waals surface area (Å²) in [5.41, 5.74) is 2.86. The summed E-state index contributed by atoms with van der Waals surface area (Å²) in [4.78, 5) is 2.53. The van der Waals surface area contributed by atoms with Gasteiger partial charge in [-0.25, -0.2) is 0 Å². The molecule has 0 spiro atoms. The van der Waals surface area contributed by atoms with E-state index >= 15 is 0 Å². The molecular formula is C13H19BrN2. The summed E-state index contributed by atoms with van der Waals surface area (Å²) in [6.45, 7) is 5.57. The zero-order valence-electron chi connectivity index (χ0n) is 10.1. The molecule has 1 aromatic carbocycles. The molecule has 2 rings (SSSR count). The summed E-state index contributed by atoms with van der Waals surface area (Å²) < 4.78 is 1.18. The molecule has 1 aliphatic rings. The van der Waals surface area contributed by atoms with Crippen molar-refractivity contribution in [2.75, 3.05) is 18.5 Å². The highest BCUT2D eigenvalue weighted by atomic mass is 79.9. The Balaban J connectivity index is 2.33. The lowest BCUT2D eigenvalue weighted by atomic mass is 10.1. The molecule has 1 unspecified atom stereocenters. The predicted octanol–water partition coefficient (Wildman–Crippen LogP) is 2.81. The second-order valence-corrected chi connectivity index (χ2v) is 5.61. The molecule has 1 N–H and O–H groups in total. The molecule has 16 heavy (non-hydrogen) atoms. The summed E-state index contributed by atoms with van der Waals surface area (Å²) in [5.74, 6) is 0. The monoisotopic (exact) mass is 282 g/mol. The molecule has 0 fully saturated rings. The van der Waals surface area contributed by atoms with Crippen LogP contribution < -0.4 is 10.2 Å². The van der Waals surface area contributed by atoms with Crippen LogP contribution in [-0.4, -0.2) is 25.7 Å². The zero-order valence-corrected chi connectivity index (χ0v) is 11.7. The summed E-state index contributed by atoms with van der Waals surface area (Å²) in [6.07, 6.45) is 1.15. The third-order valence-corrected chi connectivity index (χ3v) is 3.66. The molecule has 1 heterocycles. The number of halogens is 1. The Kier molecular flexibility index (Phi) is 3.55. The first-order valence-electron chi connectivity index (χ1n) is 5.85. The van der Waals surface area contributed by atoms with Crippen LogP contribution in [0.25, 0.3) is 0 Å². The van der Waals surface area contributed by atoms with E-state index in [0.29, 0.717) is 12.1 Å². The van der Waals surface area contributed by atoms with E-state index in [0.717, 1.165) is 13.0 Å². The van der Waals surface area contributed by atoms with Crippen LogP contribution in [0.1, 0.15) is 19.4 Å². The van der Waals surface area contributed by atoms with Gasteiger partial charge < -0.3 is 10.2 Å². The van der Waals surface area contributed by atoms with Gasteiger partial charge in [-0.3, -0.25) is 0 Å². The Morgan fingerprint density at radius 1 is 1.50 bits per heavy atom. The zero-order chi connectivity index (χ0) is 11.7. The number of rotatable bonds is 3. The minimum Gasteiger partial charge on any atom is -0.364 e. The van der Waals surface area contributed by atoms with E-state index in [9.17, 15) is 0 Å². The van der Waals surface area contributed by atoms with E-state index in [1.165, 1.54) is 15.7 Å². The minimum absolute atomic E-state index is 0.556. The lowest BCUT2D eigenvalue weighted by Crippen LogP contribution is -2.43. The van der Waals surface area contributed by atoms with E-state index in [1.807, 2.05) is 7.05 Å². The smallest absolute Gasteiger partial charge is 0.0458 e. The van der Waals surface area contributed by atoms with Crippen molar-refractivity contribution in [3.05, 3.63) is 28.2 Å². The maximum Gasteiger partial charge on any atom is 0.0458 e. The van der Waals surface area contributed by atoms with Crippen molar-refractivity contribution in [2.24, 2.45) is 0 Å². The highest BCUT2D eigenvalue weighted by Crippen LogP contribution is 2.35. The van der Waals surface area contributed by atoms with Gasteiger partial charge in [0.15, 0.2) is 0 Å². The molecule has 0 radical (unpaired) electrons. The van der Waals surface area contributed by atoms with Crippen molar-refractivity contribution in [3.63, 3.8) is 0 Å². The molecule has 3 heteroatoms. The predicted molar refractivity (Wildman–Crippen MR) is 73.2 cm³/mol. The number of fused-ring (bicyclic) bond motifs is 1. The highest BCUT2D eigenvalue weighted by molar-refractivity contribution is 9.10. The normalized spacial score (nSPS) is 19.3. The van der Waals surface area contributed by atoms with Crippen LogP contribution in [0.2, 0.25) is 0 Å². The number of nitrogens with one attached hydrogen (secondary N) is 1. The van der Waals surface area contributed by atoms with E-state index < -0.39 is 0 Å². The van der Waals surface area contributed by atoms with Crippen LogP contribution in [0.4, 0.5) is 5.69 Å². The van der Waals surface area contributed by atoms with E-state index in [1.54, 1.807) is 0 Å². The fourth-order valence-corrected chi connectivity index (χ4v) is 3.03. The van der Waals surface area contributed by atoms with Gasteiger partial charge in [0.25, 0.3) is 0 Å². The second kappa shape index (κ2) is 4.76. The van der Waals surface area contributed by atoms with Crippen molar-refractivity contribution < 1.29 is 0 Å². The molecule has 0 aromatic heterocycles. The van der Waals surface area contributed by atoms with E-state index in [-0.39, 0.29) is 0 Å². The van der Waals surface area contributed by atoms with Gasteiger partial charge in [0.05, 0.1) is 0 Å². The highest BCUT2D eigenvalue weighted by Gasteiger charge is 2.30. The molecule has 0 saturated heterocycles. The van der Waals surface area contributed by atoms with Crippen molar-refractivity contribution in [3.8, 4) is 0 Å². The van der Waals surface area contributed by atoms with Gasteiger partial charge in [0, 0.05) is 28.8 Å². The largest absolute Gasteiger partial charge is 0.364 e. The second-order valence-electron chi connectivity index (χ2n) is 4.69. The molecule has 1 aromatic rings. The third kappa shape index (κ3) is 2.11.